The molecule has 1 aromatic rings. The second-order valence-corrected chi connectivity index (χ2v) is 6.06. The molecule has 0 aliphatic heterocycles. The molecular formula is C16H25N3O2. The van der Waals surface area contributed by atoms with Gasteiger partial charge in [0.15, 0.2) is 0 Å². The van der Waals surface area contributed by atoms with Gasteiger partial charge in [-0.1, -0.05) is 19.8 Å². The Balaban J connectivity index is 2.26. The van der Waals surface area contributed by atoms with Crippen molar-refractivity contribution >= 4 is 17.1 Å². The first-order valence-corrected chi connectivity index (χ1v) is 7.77. The van der Waals surface area contributed by atoms with Crippen molar-refractivity contribution in [3.8, 4) is 0 Å². The summed E-state index contributed by atoms with van der Waals surface area (Å²) < 4.78 is 0. The number of hydrogen-bond donors (Lipinski definition) is 1. The molecule has 0 amide bonds. The Labute approximate surface area is 126 Å². The van der Waals surface area contributed by atoms with E-state index in [9.17, 15) is 10.1 Å². The van der Waals surface area contributed by atoms with Gasteiger partial charge in [-0.05, 0) is 31.7 Å². The summed E-state index contributed by atoms with van der Waals surface area (Å²) in [7, 11) is 2.05. The minimum Gasteiger partial charge on any atom is -0.385 e. The van der Waals surface area contributed by atoms with Crippen LogP contribution in [0.1, 0.15) is 39.5 Å². The third-order valence-electron chi connectivity index (χ3n) is 4.36. The highest BCUT2D eigenvalue weighted by atomic mass is 16.6. The molecule has 1 aliphatic carbocycles. The average molecular weight is 291 g/mol. The quantitative estimate of drug-likeness (QED) is 0.657. The lowest BCUT2D eigenvalue weighted by atomic mass is 9.86. The minimum atomic E-state index is -0.318. The van der Waals surface area contributed by atoms with Gasteiger partial charge in [-0.2, -0.15) is 0 Å². The molecule has 0 radical (unpaired) electrons. The zero-order valence-corrected chi connectivity index (χ0v) is 13.1. The number of anilines is 2. The summed E-state index contributed by atoms with van der Waals surface area (Å²) in [6.45, 7) is 5.04. The van der Waals surface area contributed by atoms with Crippen molar-refractivity contribution in [2.24, 2.45) is 5.92 Å². The second kappa shape index (κ2) is 6.78. The van der Waals surface area contributed by atoms with Crippen molar-refractivity contribution in [3.63, 3.8) is 0 Å². The van der Waals surface area contributed by atoms with E-state index in [4.69, 9.17) is 0 Å². The Kier molecular flexibility index (Phi) is 5.04. The van der Waals surface area contributed by atoms with Crippen LogP contribution in [0.15, 0.2) is 18.2 Å². The van der Waals surface area contributed by atoms with Gasteiger partial charge in [0.25, 0.3) is 5.69 Å². The van der Waals surface area contributed by atoms with E-state index >= 15 is 0 Å². The van der Waals surface area contributed by atoms with Crippen molar-refractivity contribution in [2.45, 2.75) is 45.6 Å². The van der Waals surface area contributed by atoms with Crippen LogP contribution in [0.25, 0.3) is 0 Å². The highest BCUT2D eigenvalue weighted by Crippen LogP contribution is 2.32. The van der Waals surface area contributed by atoms with Crippen molar-refractivity contribution < 1.29 is 4.92 Å². The van der Waals surface area contributed by atoms with Gasteiger partial charge < -0.3 is 10.2 Å². The second-order valence-electron chi connectivity index (χ2n) is 6.06. The lowest BCUT2D eigenvalue weighted by Gasteiger charge is -2.35. The van der Waals surface area contributed by atoms with Crippen LogP contribution in [0.2, 0.25) is 0 Å². The number of benzene rings is 1. The molecule has 2 unspecified atom stereocenters. The predicted molar refractivity (Wildman–Crippen MR) is 87.1 cm³/mol. The number of non-ortho nitro benzene ring substituents is 1. The maximum absolute atomic E-state index is 11.1. The van der Waals surface area contributed by atoms with Crippen LogP contribution in [-0.4, -0.2) is 24.6 Å². The number of rotatable bonds is 5. The summed E-state index contributed by atoms with van der Waals surface area (Å²) in [5, 5.41) is 14.3. The summed E-state index contributed by atoms with van der Waals surface area (Å²) in [6, 6.07) is 5.77. The highest BCUT2D eigenvalue weighted by Gasteiger charge is 2.24. The molecule has 2 atom stereocenters. The number of nitrogens with one attached hydrogen (secondary N) is 1. The van der Waals surface area contributed by atoms with Crippen LogP contribution in [0.3, 0.4) is 0 Å². The van der Waals surface area contributed by atoms with E-state index in [2.05, 4.69) is 24.2 Å². The Morgan fingerprint density at radius 1 is 1.38 bits per heavy atom. The zero-order valence-electron chi connectivity index (χ0n) is 13.1. The molecule has 0 heterocycles. The minimum absolute atomic E-state index is 0.152. The molecule has 21 heavy (non-hydrogen) atoms. The van der Waals surface area contributed by atoms with Gasteiger partial charge in [-0.3, -0.25) is 10.1 Å². The molecule has 0 aromatic heterocycles. The molecule has 0 saturated heterocycles. The maximum atomic E-state index is 11.1. The van der Waals surface area contributed by atoms with Crippen LogP contribution >= 0.6 is 0 Å². The van der Waals surface area contributed by atoms with Gasteiger partial charge in [-0.15, -0.1) is 0 Å². The zero-order chi connectivity index (χ0) is 15.4. The van der Waals surface area contributed by atoms with Crippen LogP contribution in [-0.2, 0) is 0 Å². The van der Waals surface area contributed by atoms with Crippen LogP contribution in [0.5, 0.6) is 0 Å². The number of hydrogen-bond acceptors (Lipinski definition) is 4. The van der Waals surface area contributed by atoms with Crippen LogP contribution < -0.4 is 10.2 Å². The summed E-state index contributed by atoms with van der Waals surface area (Å²) in [5.74, 6) is 0.734. The van der Waals surface area contributed by atoms with Gasteiger partial charge in [0, 0.05) is 43.1 Å². The van der Waals surface area contributed by atoms with E-state index in [0.29, 0.717) is 6.04 Å². The van der Waals surface area contributed by atoms with Gasteiger partial charge >= 0.3 is 0 Å². The lowest BCUT2D eigenvalue weighted by Crippen LogP contribution is -2.35. The third kappa shape index (κ3) is 3.86. The average Bonchev–Trinajstić information content (AvgIpc) is 2.46. The topological polar surface area (TPSA) is 58.4 Å². The van der Waals surface area contributed by atoms with Gasteiger partial charge in [0.05, 0.1) is 4.92 Å². The van der Waals surface area contributed by atoms with Crippen molar-refractivity contribution in [1.82, 2.24) is 0 Å². The predicted octanol–water partition coefficient (Wildman–Crippen LogP) is 4.04. The number of nitro benzene ring substituents is 1. The summed E-state index contributed by atoms with van der Waals surface area (Å²) in [5.41, 5.74) is 1.90. The van der Waals surface area contributed by atoms with Crippen molar-refractivity contribution in [2.75, 3.05) is 23.8 Å². The lowest BCUT2D eigenvalue weighted by molar-refractivity contribution is -0.384. The normalized spacial score (nSPS) is 21.9. The molecule has 116 valence electrons. The van der Waals surface area contributed by atoms with Crippen LogP contribution in [0.4, 0.5) is 17.1 Å². The van der Waals surface area contributed by atoms with Gasteiger partial charge in [0.2, 0.25) is 0 Å². The molecule has 2 rings (SSSR count). The Bertz CT molecular complexity index is 504. The van der Waals surface area contributed by atoms with Crippen molar-refractivity contribution in [1.29, 1.82) is 0 Å². The Morgan fingerprint density at radius 3 is 2.76 bits per heavy atom. The molecule has 1 N–H and O–H groups in total. The molecule has 5 nitrogen and oxygen atoms in total. The maximum Gasteiger partial charge on any atom is 0.273 e. The fourth-order valence-electron chi connectivity index (χ4n) is 3.18. The van der Waals surface area contributed by atoms with E-state index in [1.807, 2.05) is 13.0 Å². The fourth-order valence-corrected chi connectivity index (χ4v) is 3.18. The van der Waals surface area contributed by atoms with Crippen molar-refractivity contribution in [3.05, 3.63) is 28.3 Å². The number of nitrogens with zero attached hydrogens (tertiary/aromatic N) is 2. The van der Waals surface area contributed by atoms with E-state index in [1.165, 1.54) is 19.3 Å². The first-order chi connectivity index (χ1) is 10.0. The molecule has 0 spiro atoms. The van der Waals surface area contributed by atoms with E-state index < -0.39 is 0 Å². The molecule has 1 aliphatic rings. The molecular weight excluding hydrogens is 266 g/mol. The summed E-state index contributed by atoms with van der Waals surface area (Å²) >= 11 is 0. The Hall–Kier alpha value is -1.78. The SMILES string of the molecule is CCNc1cc(N(C)C2CCCC(C)C2)cc([N+](=O)[O-])c1. The van der Waals surface area contributed by atoms with Gasteiger partial charge in [-0.25, -0.2) is 0 Å². The van der Waals surface area contributed by atoms with Gasteiger partial charge in [0.1, 0.15) is 0 Å². The number of nitro groups is 1. The summed E-state index contributed by atoms with van der Waals surface area (Å²) in [6.07, 6.45) is 4.86. The molecule has 5 heteroatoms. The molecule has 1 saturated carbocycles. The standard InChI is InChI=1S/C16H25N3O2/c1-4-17-13-9-15(11-16(10-13)19(20)21)18(3)14-7-5-6-12(2)8-14/h9-12,14,17H,4-8H2,1-3H3. The largest absolute Gasteiger partial charge is 0.385 e. The first kappa shape index (κ1) is 15.6. The first-order valence-electron chi connectivity index (χ1n) is 7.77. The Morgan fingerprint density at radius 2 is 2.14 bits per heavy atom. The highest BCUT2D eigenvalue weighted by molar-refractivity contribution is 5.64. The fraction of sp³-hybridized carbons (Fsp3) is 0.625. The molecule has 1 aromatic carbocycles. The van der Waals surface area contributed by atoms with E-state index in [0.717, 1.165) is 30.3 Å². The smallest absolute Gasteiger partial charge is 0.273 e. The van der Waals surface area contributed by atoms with E-state index in [1.54, 1.807) is 12.1 Å². The monoisotopic (exact) mass is 291 g/mol. The van der Waals surface area contributed by atoms with Crippen LogP contribution in [0, 0.1) is 16.0 Å². The molecule has 1 fully saturated rings. The summed E-state index contributed by atoms with van der Waals surface area (Å²) in [4.78, 5) is 13.0. The molecule has 0 bridgehead atoms. The third-order valence-corrected chi connectivity index (χ3v) is 4.36. The van der Waals surface area contributed by atoms with E-state index in [-0.39, 0.29) is 10.6 Å².